The molecule has 0 radical (unpaired) electrons. The van der Waals surface area contributed by atoms with Crippen LogP contribution in [0.4, 0.5) is 15.8 Å². The number of anilines is 1. The Morgan fingerprint density at radius 3 is 2.83 bits per heavy atom. The molecule has 1 aromatic rings. The lowest BCUT2D eigenvalue weighted by Crippen LogP contribution is -2.05. The molecule has 18 heavy (non-hydrogen) atoms. The molecule has 0 heterocycles. The maximum atomic E-state index is 13.1. The van der Waals surface area contributed by atoms with E-state index in [1.807, 2.05) is 0 Å². The molecule has 0 amide bonds. The van der Waals surface area contributed by atoms with Crippen LogP contribution in [0.1, 0.15) is 19.3 Å². The molecule has 0 aliphatic rings. The molecule has 0 aromatic heterocycles. The first-order valence-corrected chi connectivity index (χ1v) is 5.75. The van der Waals surface area contributed by atoms with Gasteiger partial charge in [0.2, 0.25) is 0 Å². The van der Waals surface area contributed by atoms with E-state index in [1.54, 1.807) is 0 Å². The number of rotatable bonds is 6. The van der Waals surface area contributed by atoms with Gasteiger partial charge in [-0.1, -0.05) is 11.6 Å². The van der Waals surface area contributed by atoms with Crippen LogP contribution < -0.4 is 5.32 Å². The summed E-state index contributed by atoms with van der Waals surface area (Å²) in [6.45, 7) is 0.518. The molecule has 0 aliphatic carbocycles. The third-order valence-corrected chi connectivity index (χ3v) is 2.59. The number of halogens is 2. The van der Waals surface area contributed by atoms with Gasteiger partial charge in [-0.2, -0.15) is 0 Å². The molecule has 6 heteroatoms. The van der Waals surface area contributed by atoms with Gasteiger partial charge in [0.15, 0.2) is 0 Å². The first-order chi connectivity index (χ1) is 8.56. The third kappa shape index (κ3) is 3.90. The largest absolute Gasteiger partial charge is 0.379 e. The highest BCUT2D eigenvalue weighted by Gasteiger charge is 2.17. The normalized spacial score (nSPS) is 9.83. The highest BCUT2D eigenvalue weighted by atomic mass is 35.5. The third-order valence-electron chi connectivity index (χ3n) is 2.30. The molecule has 0 atom stereocenters. The van der Waals surface area contributed by atoms with Crippen molar-refractivity contribution in [2.75, 3.05) is 11.9 Å². The minimum absolute atomic E-state index is 0.147. The molecule has 0 bridgehead atoms. The average molecular weight is 271 g/mol. The second-order valence-electron chi connectivity index (χ2n) is 3.63. The smallest absolute Gasteiger partial charge is 0.295 e. The van der Waals surface area contributed by atoms with Crippen molar-refractivity contribution in [2.45, 2.75) is 19.3 Å². The van der Waals surface area contributed by atoms with E-state index in [0.29, 0.717) is 13.0 Å². The molecule has 0 spiro atoms. The summed E-state index contributed by atoms with van der Waals surface area (Å²) in [5.74, 6) is 1.70. The second kappa shape index (κ2) is 6.82. The van der Waals surface area contributed by atoms with Crippen LogP contribution in [0.3, 0.4) is 0 Å². The Hall–Kier alpha value is -1.80. The van der Waals surface area contributed by atoms with E-state index in [4.69, 9.17) is 18.0 Å². The van der Waals surface area contributed by atoms with Gasteiger partial charge < -0.3 is 5.32 Å². The van der Waals surface area contributed by atoms with Crippen LogP contribution in [-0.4, -0.2) is 11.5 Å². The molecule has 4 nitrogen and oxygen atoms in total. The number of terminal acetylenes is 1. The van der Waals surface area contributed by atoms with Gasteiger partial charge in [-0.25, -0.2) is 4.39 Å². The summed E-state index contributed by atoms with van der Waals surface area (Å²) in [6.07, 6.45) is 7.36. The summed E-state index contributed by atoms with van der Waals surface area (Å²) in [6, 6.07) is 2.03. The van der Waals surface area contributed by atoms with Gasteiger partial charge in [0.25, 0.3) is 5.69 Å². The minimum Gasteiger partial charge on any atom is -0.379 e. The summed E-state index contributed by atoms with van der Waals surface area (Å²) < 4.78 is 13.1. The first kappa shape index (κ1) is 14.3. The van der Waals surface area contributed by atoms with Crippen LogP contribution in [0, 0.1) is 28.3 Å². The molecule has 1 aromatic carbocycles. The zero-order valence-corrected chi connectivity index (χ0v) is 10.3. The van der Waals surface area contributed by atoms with Crippen LogP contribution >= 0.6 is 11.6 Å². The van der Waals surface area contributed by atoms with Crippen molar-refractivity contribution in [1.82, 2.24) is 0 Å². The molecule has 0 aliphatic heterocycles. The monoisotopic (exact) mass is 270 g/mol. The van der Waals surface area contributed by atoms with Crippen molar-refractivity contribution in [1.29, 1.82) is 0 Å². The Bertz CT molecular complexity index is 486. The van der Waals surface area contributed by atoms with Crippen molar-refractivity contribution in [2.24, 2.45) is 0 Å². The maximum Gasteiger partial charge on any atom is 0.295 e. The van der Waals surface area contributed by atoms with Crippen LogP contribution in [0.15, 0.2) is 12.1 Å². The molecule has 0 saturated heterocycles. The zero-order chi connectivity index (χ0) is 13.5. The lowest BCUT2D eigenvalue weighted by atomic mass is 10.2. The lowest BCUT2D eigenvalue weighted by molar-refractivity contribution is -0.384. The van der Waals surface area contributed by atoms with Gasteiger partial charge in [-0.15, -0.1) is 12.3 Å². The number of nitro groups is 1. The molecular weight excluding hydrogens is 259 g/mol. The fraction of sp³-hybridized carbons (Fsp3) is 0.333. The highest BCUT2D eigenvalue weighted by Crippen LogP contribution is 2.30. The summed E-state index contributed by atoms with van der Waals surface area (Å²) in [5, 5.41) is 13.5. The van der Waals surface area contributed by atoms with E-state index in [9.17, 15) is 14.5 Å². The zero-order valence-electron chi connectivity index (χ0n) is 9.58. The molecule has 0 saturated carbocycles. The van der Waals surface area contributed by atoms with E-state index < -0.39 is 10.7 Å². The number of hydrogen-bond donors (Lipinski definition) is 1. The van der Waals surface area contributed by atoms with E-state index in [-0.39, 0.29) is 16.4 Å². The highest BCUT2D eigenvalue weighted by molar-refractivity contribution is 6.31. The van der Waals surface area contributed by atoms with E-state index in [1.165, 1.54) is 6.07 Å². The van der Waals surface area contributed by atoms with Crippen molar-refractivity contribution in [3.8, 4) is 12.3 Å². The van der Waals surface area contributed by atoms with Crippen molar-refractivity contribution in [3.05, 3.63) is 33.1 Å². The fourth-order valence-electron chi connectivity index (χ4n) is 1.40. The van der Waals surface area contributed by atoms with Gasteiger partial charge in [0.1, 0.15) is 11.5 Å². The molecule has 0 fully saturated rings. The molecule has 1 rings (SSSR count). The number of hydrogen-bond acceptors (Lipinski definition) is 3. The number of unbranched alkanes of at least 4 members (excludes halogenated alkanes) is 2. The second-order valence-corrected chi connectivity index (χ2v) is 4.04. The van der Waals surface area contributed by atoms with Gasteiger partial charge in [0, 0.05) is 13.0 Å². The SMILES string of the molecule is C#CCCCCNc1cc(Cl)c(F)cc1[N+](=O)[O-]. The van der Waals surface area contributed by atoms with Crippen LogP contribution in [-0.2, 0) is 0 Å². The predicted molar refractivity (Wildman–Crippen MR) is 69.2 cm³/mol. The topological polar surface area (TPSA) is 55.2 Å². The Labute approximate surface area is 109 Å². The molecule has 1 N–H and O–H groups in total. The van der Waals surface area contributed by atoms with Gasteiger partial charge >= 0.3 is 0 Å². The predicted octanol–water partition coefficient (Wildman–Crippen LogP) is 3.60. The van der Waals surface area contributed by atoms with Gasteiger partial charge in [-0.3, -0.25) is 10.1 Å². The minimum atomic E-state index is -0.804. The summed E-state index contributed by atoms with van der Waals surface area (Å²) in [7, 11) is 0. The Morgan fingerprint density at radius 1 is 1.50 bits per heavy atom. The number of nitrogens with zero attached hydrogens (tertiary/aromatic N) is 1. The first-order valence-electron chi connectivity index (χ1n) is 5.37. The standard InChI is InChI=1S/C12H12ClFN2O2/c1-2-3-4-5-6-15-11-7-9(13)10(14)8-12(11)16(17)18/h1,7-8,15H,3-6H2. The van der Waals surface area contributed by atoms with E-state index in [2.05, 4.69) is 11.2 Å². The molecular formula is C12H12ClFN2O2. The quantitative estimate of drug-likeness (QED) is 0.372. The van der Waals surface area contributed by atoms with Gasteiger partial charge in [-0.05, 0) is 18.9 Å². The van der Waals surface area contributed by atoms with Crippen molar-refractivity contribution in [3.63, 3.8) is 0 Å². The number of benzene rings is 1. The Balaban J connectivity index is 2.72. The summed E-state index contributed by atoms with van der Waals surface area (Å²) in [5.41, 5.74) is -0.110. The van der Waals surface area contributed by atoms with Crippen molar-refractivity contribution >= 4 is 23.0 Å². The van der Waals surface area contributed by atoms with Crippen LogP contribution in [0.2, 0.25) is 5.02 Å². The average Bonchev–Trinajstić information content (AvgIpc) is 2.32. The number of nitro benzene ring substituents is 1. The van der Waals surface area contributed by atoms with E-state index >= 15 is 0 Å². The van der Waals surface area contributed by atoms with E-state index in [0.717, 1.165) is 18.9 Å². The maximum absolute atomic E-state index is 13.1. The van der Waals surface area contributed by atoms with Crippen LogP contribution in [0.5, 0.6) is 0 Å². The lowest BCUT2D eigenvalue weighted by Gasteiger charge is -2.07. The molecule has 96 valence electrons. The van der Waals surface area contributed by atoms with Gasteiger partial charge in [0.05, 0.1) is 16.0 Å². The Kier molecular flexibility index (Phi) is 5.40. The Morgan fingerprint density at radius 2 is 2.22 bits per heavy atom. The van der Waals surface area contributed by atoms with Crippen LogP contribution in [0.25, 0.3) is 0 Å². The summed E-state index contributed by atoms with van der Waals surface area (Å²) >= 11 is 5.59. The van der Waals surface area contributed by atoms with Crippen molar-refractivity contribution < 1.29 is 9.31 Å². The summed E-state index contributed by atoms with van der Waals surface area (Å²) in [4.78, 5) is 10.1. The molecule has 0 unspecified atom stereocenters. The number of nitrogens with one attached hydrogen (secondary N) is 1. The fourth-order valence-corrected chi connectivity index (χ4v) is 1.57.